The molecule has 0 amide bonds. The molecule has 0 bridgehead atoms. The molecular formula is C31H25FN2O8. The van der Waals surface area contributed by atoms with Crippen molar-refractivity contribution in [1.29, 1.82) is 0 Å². The fraction of sp³-hybridized carbons (Fsp3) is 0.161. The Balaban J connectivity index is 1.51. The van der Waals surface area contributed by atoms with Gasteiger partial charge in [0.1, 0.15) is 12.7 Å². The molecule has 0 radical (unpaired) electrons. The van der Waals surface area contributed by atoms with E-state index in [-0.39, 0.29) is 16.7 Å². The predicted octanol–water partition coefficient (Wildman–Crippen LogP) is 3.78. The highest BCUT2D eigenvalue weighted by molar-refractivity contribution is 5.91. The van der Waals surface area contributed by atoms with Gasteiger partial charge in [0.25, 0.3) is 5.56 Å². The molecule has 1 aliphatic heterocycles. The van der Waals surface area contributed by atoms with E-state index in [0.717, 1.165) is 10.6 Å². The third kappa shape index (κ3) is 6.06. The van der Waals surface area contributed by atoms with Gasteiger partial charge in [0, 0.05) is 6.20 Å². The van der Waals surface area contributed by atoms with E-state index >= 15 is 0 Å². The summed E-state index contributed by atoms with van der Waals surface area (Å²) in [6.45, 7) is -0.456. The molecule has 4 atom stereocenters. The average molecular weight is 573 g/mol. The number of aromatic nitrogens is 1. The Morgan fingerprint density at radius 1 is 0.738 bits per heavy atom. The van der Waals surface area contributed by atoms with Gasteiger partial charge in [-0.1, -0.05) is 54.6 Å². The van der Waals surface area contributed by atoms with E-state index in [1.165, 1.54) is 30.5 Å². The number of hydrogen-bond acceptors (Lipinski definition) is 9. The van der Waals surface area contributed by atoms with Crippen LogP contribution in [-0.4, -0.2) is 47.4 Å². The van der Waals surface area contributed by atoms with Gasteiger partial charge >= 0.3 is 17.9 Å². The summed E-state index contributed by atoms with van der Waals surface area (Å²) in [4.78, 5) is 51.9. The van der Waals surface area contributed by atoms with Crippen LogP contribution >= 0.6 is 0 Å². The van der Waals surface area contributed by atoms with Crippen molar-refractivity contribution in [3.63, 3.8) is 0 Å². The summed E-state index contributed by atoms with van der Waals surface area (Å²) < 4.78 is 38.5. The molecule has 0 saturated carbocycles. The molecule has 0 unspecified atom stereocenters. The van der Waals surface area contributed by atoms with Gasteiger partial charge in [-0.3, -0.25) is 9.36 Å². The molecule has 214 valence electrons. The highest BCUT2D eigenvalue weighted by Gasteiger charge is 2.51. The lowest BCUT2D eigenvalue weighted by atomic mass is 10.1. The quantitative estimate of drug-likeness (QED) is 0.247. The molecule has 4 aromatic rings. The number of carbonyl (C=O) groups excluding carboxylic acids is 3. The van der Waals surface area contributed by atoms with Crippen LogP contribution in [0.25, 0.3) is 0 Å². The number of rotatable bonds is 8. The van der Waals surface area contributed by atoms with Crippen molar-refractivity contribution in [3.05, 3.63) is 136 Å². The fourth-order valence-corrected chi connectivity index (χ4v) is 4.42. The summed E-state index contributed by atoms with van der Waals surface area (Å²) >= 11 is 0. The monoisotopic (exact) mass is 572 g/mol. The van der Waals surface area contributed by atoms with E-state index < -0.39 is 66.1 Å². The Morgan fingerprint density at radius 3 is 1.74 bits per heavy atom. The van der Waals surface area contributed by atoms with E-state index in [1.54, 1.807) is 66.7 Å². The average Bonchev–Trinajstić information content (AvgIpc) is 3.35. The minimum absolute atomic E-state index is 0.166. The highest BCUT2D eigenvalue weighted by atomic mass is 19.1. The summed E-state index contributed by atoms with van der Waals surface area (Å²) in [5.74, 6) is -3.54. The van der Waals surface area contributed by atoms with E-state index in [1.807, 2.05) is 0 Å². The zero-order valence-electron chi connectivity index (χ0n) is 22.0. The maximum Gasteiger partial charge on any atom is 0.338 e. The van der Waals surface area contributed by atoms with Gasteiger partial charge in [0.2, 0.25) is 5.82 Å². The molecular weight excluding hydrogens is 547 g/mol. The first-order valence-corrected chi connectivity index (χ1v) is 12.9. The number of hydrogen-bond donors (Lipinski definition) is 1. The number of carbonyl (C=O) groups is 3. The number of nitrogens with two attached hydrogens (primary N) is 1. The van der Waals surface area contributed by atoms with Crippen molar-refractivity contribution in [1.82, 2.24) is 4.57 Å². The van der Waals surface area contributed by atoms with Crippen LogP contribution in [-0.2, 0) is 18.9 Å². The van der Waals surface area contributed by atoms with E-state index in [2.05, 4.69) is 0 Å². The molecule has 0 aliphatic carbocycles. The minimum atomic E-state index is -1.48. The SMILES string of the molecule is Nc1ccn([C@@H]2O[C@H](COC(=O)c3ccccc3)[C@@H](OC(=O)c3ccccc3)[C@H]2OC(=O)c2ccccc2)c(=O)c1F. The largest absolute Gasteiger partial charge is 0.459 e. The zero-order valence-corrected chi connectivity index (χ0v) is 22.0. The summed E-state index contributed by atoms with van der Waals surface area (Å²) in [5, 5.41) is 0. The van der Waals surface area contributed by atoms with Crippen molar-refractivity contribution in [2.24, 2.45) is 0 Å². The number of pyridine rings is 1. The van der Waals surface area contributed by atoms with Gasteiger partial charge < -0.3 is 24.7 Å². The minimum Gasteiger partial charge on any atom is -0.459 e. The molecule has 5 rings (SSSR count). The number of nitrogens with zero attached hydrogens (tertiary/aromatic N) is 1. The molecule has 3 aromatic carbocycles. The van der Waals surface area contributed by atoms with Gasteiger partial charge in [-0.15, -0.1) is 0 Å². The maximum atomic E-state index is 14.6. The smallest absolute Gasteiger partial charge is 0.338 e. The summed E-state index contributed by atoms with van der Waals surface area (Å²) in [7, 11) is 0. The summed E-state index contributed by atoms with van der Waals surface area (Å²) in [6.07, 6.45) is -4.38. The molecule has 2 N–H and O–H groups in total. The Hall–Kier alpha value is -5.29. The highest BCUT2D eigenvalue weighted by Crippen LogP contribution is 2.35. The number of anilines is 1. The normalized spacial score (nSPS) is 19.5. The molecule has 1 fully saturated rings. The zero-order chi connectivity index (χ0) is 29.6. The molecule has 10 nitrogen and oxygen atoms in total. The van der Waals surface area contributed by atoms with Crippen molar-refractivity contribution < 1.29 is 37.7 Å². The van der Waals surface area contributed by atoms with Gasteiger partial charge in [-0.05, 0) is 42.5 Å². The lowest BCUT2D eigenvalue weighted by Gasteiger charge is -2.25. The molecule has 11 heteroatoms. The van der Waals surface area contributed by atoms with Gasteiger partial charge in [-0.25, -0.2) is 14.4 Å². The molecule has 1 saturated heterocycles. The Bertz CT molecular complexity index is 1630. The van der Waals surface area contributed by atoms with E-state index in [0.29, 0.717) is 0 Å². The second kappa shape index (κ2) is 12.5. The van der Waals surface area contributed by atoms with E-state index in [9.17, 15) is 23.6 Å². The fourth-order valence-electron chi connectivity index (χ4n) is 4.42. The lowest BCUT2D eigenvalue weighted by Crippen LogP contribution is -2.42. The summed E-state index contributed by atoms with van der Waals surface area (Å²) in [6, 6.07) is 25.3. The van der Waals surface area contributed by atoms with Crippen LogP contribution in [0.5, 0.6) is 0 Å². The number of benzene rings is 3. The number of esters is 3. The van der Waals surface area contributed by atoms with Gasteiger partial charge in [0.15, 0.2) is 18.4 Å². The second-order valence-electron chi connectivity index (χ2n) is 9.30. The first-order valence-electron chi connectivity index (χ1n) is 12.9. The summed E-state index contributed by atoms with van der Waals surface area (Å²) in [5.41, 5.74) is 4.62. The first kappa shape index (κ1) is 28.2. The molecule has 1 aliphatic rings. The lowest BCUT2D eigenvalue weighted by molar-refractivity contribution is -0.0638. The molecule has 42 heavy (non-hydrogen) atoms. The number of nitrogen functional groups attached to an aromatic ring is 1. The van der Waals surface area contributed by atoms with Crippen molar-refractivity contribution in [3.8, 4) is 0 Å². The Morgan fingerprint density at radius 2 is 1.21 bits per heavy atom. The van der Waals surface area contributed by atoms with Crippen LogP contribution in [0.1, 0.15) is 37.3 Å². The second-order valence-corrected chi connectivity index (χ2v) is 9.30. The Kier molecular flexibility index (Phi) is 8.39. The van der Waals surface area contributed by atoms with Crippen LogP contribution in [0.3, 0.4) is 0 Å². The predicted molar refractivity (Wildman–Crippen MR) is 147 cm³/mol. The number of ether oxygens (including phenoxy) is 4. The van der Waals surface area contributed by atoms with Gasteiger partial charge in [-0.2, -0.15) is 4.39 Å². The Labute approximate surface area is 239 Å². The standard InChI is InChI=1S/C31H25FN2O8/c32-24-22(33)16-17-34(27(24)35)28-26(42-31(38)21-14-8-3-9-15-21)25(41-30(37)20-12-6-2-7-13-20)23(40-28)18-39-29(36)19-10-4-1-5-11-19/h1-17,23,25-26,28H,18,33H2/t23-,25-,26-,28-/m1/s1. The van der Waals surface area contributed by atoms with E-state index in [4.69, 9.17) is 24.7 Å². The number of halogens is 1. The van der Waals surface area contributed by atoms with Gasteiger partial charge in [0.05, 0.1) is 22.4 Å². The van der Waals surface area contributed by atoms with Crippen molar-refractivity contribution in [2.45, 2.75) is 24.5 Å². The van der Waals surface area contributed by atoms with Crippen LogP contribution < -0.4 is 11.3 Å². The van der Waals surface area contributed by atoms with Crippen LogP contribution in [0.4, 0.5) is 10.1 Å². The third-order valence-electron chi connectivity index (χ3n) is 6.54. The van der Waals surface area contributed by atoms with Crippen LogP contribution in [0, 0.1) is 5.82 Å². The van der Waals surface area contributed by atoms with Crippen LogP contribution in [0.15, 0.2) is 108 Å². The molecule has 0 spiro atoms. The first-order chi connectivity index (χ1) is 20.3. The van der Waals surface area contributed by atoms with Crippen LogP contribution in [0.2, 0.25) is 0 Å². The third-order valence-corrected chi connectivity index (χ3v) is 6.54. The van der Waals surface area contributed by atoms with Crippen molar-refractivity contribution >= 4 is 23.6 Å². The topological polar surface area (TPSA) is 136 Å². The molecule has 2 heterocycles. The van der Waals surface area contributed by atoms with Crippen molar-refractivity contribution in [2.75, 3.05) is 12.3 Å². The maximum absolute atomic E-state index is 14.6. The molecule has 1 aromatic heterocycles.